The molecule has 1 fully saturated rings. The maximum atomic E-state index is 10.9. The maximum Gasteiger partial charge on any atom is 0.307 e. The fraction of sp³-hybridized carbons (Fsp3) is 0.190. The summed E-state index contributed by atoms with van der Waals surface area (Å²) in [7, 11) is 0. The van der Waals surface area contributed by atoms with Crippen LogP contribution in [-0.2, 0) is 11.3 Å². The third kappa shape index (κ3) is 4.06. The molecule has 0 saturated heterocycles. The molecular weight excluding hydrogens is 326 g/mol. The number of anilines is 1. The molecule has 2 aromatic rings. The van der Waals surface area contributed by atoms with Crippen molar-refractivity contribution in [1.29, 1.82) is 0 Å². The average Bonchev–Trinajstić information content (AvgIpc) is 3.46. The summed E-state index contributed by atoms with van der Waals surface area (Å²) >= 11 is 0. The van der Waals surface area contributed by atoms with E-state index in [-0.39, 0.29) is 11.8 Å². The number of nitrogens with one attached hydrogen (secondary N) is 1. The van der Waals surface area contributed by atoms with Crippen LogP contribution in [0.2, 0.25) is 0 Å². The van der Waals surface area contributed by atoms with Gasteiger partial charge in [0.15, 0.2) is 0 Å². The van der Waals surface area contributed by atoms with Crippen molar-refractivity contribution < 1.29 is 9.90 Å². The van der Waals surface area contributed by atoms with Crippen molar-refractivity contribution in [3.05, 3.63) is 84.9 Å². The molecule has 5 nitrogen and oxygen atoms in total. The van der Waals surface area contributed by atoms with E-state index in [9.17, 15) is 4.79 Å². The zero-order valence-corrected chi connectivity index (χ0v) is 14.4. The molecular formula is C21H21N3O2. The number of carboxylic acid groups (broad SMARTS) is 1. The fourth-order valence-corrected chi connectivity index (χ4v) is 2.88. The zero-order valence-electron chi connectivity index (χ0n) is 14.4. The van der Waals surface area contributed by atoms with Crippen LogP contribution in [0.1, 0.15) is 29.2 Å². The van der Waals surface area contributed by atoms with Gasteiger partial charge < -0.3 is 10.4 Å². The monoisotopic (exact) mass is 347 g/mol. The van der Waals surface area contributed by atoms with Crippen LogP contribution < -0.4 is 5.32 Å². The number of rotatable bonds is 8. The standard InChI is InChI=1S/C21H21N3O2/c1-3-6-15(4-2)16-8-5-7-14(9-16)11-23-20-13-22-19(12-24-20)17-10-18(17)21(25)26/h3-9,12-13,17-18H,1-2,10-11H2,(H,23,24)(H,25,26)/b15-6+. The highest BCUT2D eigenvalue weighted by molar-refractivity contribution is 5.75. The van der Waals surface area contributed by atoms with Gasteiger partial charge in [0.2, 0.25) is 0 Å². The number of nitrogens with zero attached hydrogens (tertiary/aromatic N) is 2. The molecule has 0 amide bonds. The summed E-state index contributed by atoms with van der Waals surface area (Å²) < 4.78 is 0. The number of carbonyl (C=O) groups is 1. The van der Waals surface area contributed by atoms with Crippen molar-refractivity contribution in [2.45, 2.75) is 18.9 Å². The van der Waals surface area contributed by atoms with Crippen LogP contribution in [0.4, 0.5) is 5.82 Å². The van der Waals surface area contributed by atoms with Crippen molar-refractivity contribution in [3.63, 3.8) is 0 Å². The van der Waals surface area contributed by atoms with Gasteiger partial charge in [-0.2, -0.15) is 0 Å². The zero-order chi connectivity index (χ0) is 18.5. The van der Waals surface area contributed by atoms with E-state index in [2.05, 4.69) is 34.5 Å². The predicted molar refractivity (Wildman–Crippen MR) is 103 cm³/mol. The second-order valence-corrected chi connectivity index (χ2v) is 6.23. The molecule has 1 aromatic heterocycles. The van der Waals surface area contributed by atoms with Crippen molar-refractivity contribution in [2.75, 3.05) is 5.32 Å². The third-order valence-corrected chi connectivity index (χ3v) is 4.41. The Bertz CT molecular complexity index is 856. The molecule has 0 bridgehead atoms. The molecule has 2 unspecified atom stereocenters. The minimum absolute atomic E-state index is 0.000275. The summed E-state index contributed by atoms with van der Waals surface area (Å²) in [5.41, 5.74) is 3.95. The summed E-state index contributed by atoms with van der Waals surface area (Å²) in [6, 6.07) is 8.16. The minimum Gasteiger partial charge on any atom is -0.481 e. The second kappa shape index (κ2) is 7.78. The first-order valence-electron chi connectivity index (χ1n) is 8.45. The van der Waals surface area contributed by atoms with Crippen LogP contribution in [0, 0.1) is 5.92 Å². The molecule has 132 valence electrons. The van der Waals surface area contributed by atoms with E-state index in [0.29, 0.717) is 18.8 Å². The van der Waals surface area contributed by atoms with Crippen LogP contribution in [0.5, 0.6) is 0 Å². The van der Waals surface area contributed by atoms with Crippen LogP contribution in [0.3, 0.4) is 0 Å². The number of allylic oxidation sites excluding steroid dienone is 4. The highest BCUT2D eigenvalue weighted by Gasteiger charge is 2.45. The molecule has 2 N–H and O–H groups in total. The molecule has 5 heteroatoms. The van der Waals surface area contributed by atoms with Gasteiger partial charge in [0.1, 0.15) is 5.82 Å². The Hall–Kier alpha value is -3.21. The predicted octanol–water partition coefficient (Wildman–Crippen LogP) is 4.03. The number of hydrogen-bond acceptors (Lipinski definition) is 4. The van der Waals surface area contributed by atoms with Crippen LogP contribution in [-0.4, -0.2) is 21.0 Å². The maximum absolute atomic E-state index is 10.9. The van der Waals surface area contributed by atoms with E-state index in [4.69, 9.17) is 5.11 Å². The number of carboxylic acids is 1. The van der Waals surface area contributed by atoms with Gasteiger partial charge in [-0.15, -0.1) is 0 Å². The number of aromatic nitrogens is 2. The van der Waals surface area contributed by atoms with E-state index >= 15 is 0 Å². The SMILES string of the molecule is C=C/C=C(\C=C)c1cccc(CNc2cnc(C3CC3C(=O)O)cn2)c1. The largest absolute Gasteiger partial charge is 0.481 e. The first-order valence-corrected chi connectivity index (χ1v) is 8.45. The Labute approximate surface area is 152 Å². The van der Waals surface area contributed by atoms with E-state index < -0.39 is 5.97 Å². The molecule has 1 aliphatic carbocycles. The number of hydrogen-bond donors (Lipinski definition) is 2. The Kier molecular flexibility index (Phi) is 5.27. The highest BCUT2D eigenvalue weighted by atomic mass is 16.4. The van der Waals surface area contributed by atoms with Gasteiger partial charge >= 0.3 is 5.97 Å². The minimum atomic E-state index is -0.761. The van der Waals surface area contributed by atoms with E-state index in [1.165, 1.54) is 0 Å². The van der Waals surface area contributed by atoms with Crippen molar-refractivity contribution >= 4 is 17.4 Å². The molecule has 0 spiro atoms. The van der Waals surface area contributed by atoms with Gasteiger partial charge in [0.25, 0.3) is 0 Å². The molecule has 1 saturated carbocycles. The Morgan fingerprint density at radius 3 is 2.77 bits per heavy atom. The Morgan fingerprint density at radius 1 is 1.31 bits per heavy atom. The summed E-state index contributed by atoms with van der Waals surface area (Å²) in [5, 5.41) is 12.2. The van der Waals surface area contributed by atoms with Crippen molar-refractivity contribution in [2.24, 2.45) is 5.92 Å². The third-order valence-electron chi connectivity index (χ3n) is 4.41. The lowest BCUT2D eigenvalue weighted by Gasteiger charge is -2.08. The van der Waals surface area contributed by atoms with Crippen LogP contribution >= 0.6 is 0 Å². The number of benzene rings is 1. The molecule has 1 aliphatic rings. The Balaban J connectivity index is 1.62. The lowest BCUT2D eigenvalue weighted by molar-refractivity contribution is -0.138. The van der Waals surface area contributed by atoms with Gasteiger partial charge in [-0.1, -0.05) is 49.6 Å². The van der Waals surface area contributed by atoms with Crippen molar-refractivity contribution in [3.8, 4) is 0 Å². The second-order valence-electron chi connectivity index (χ2n) is 6.23. The van der Waals surface area contributed by atoms with E-state index in [0.717, 1.165) is 22.4 Å². The van der Waals surface area contributed by atoms with E-state index in [1.54, 1.807) is 24.5 Å². The number of aliphatic carboxylic acids is 1. The van der Waals surface area contributed by atoms with Crippen LogP contribution in [0.15, 0.2) is 68.0 Å². The first kappa shape index (κ1) is 17.6. The molecule has 0 radical (unpaired) electrons. The summed E-state index contributed by atoms with van der Waals surface area (Å²) in [6.45, 7) is 8.18. The Morgan fingerprint density at radius 2 is 2.15 bits per heavy atom. The van der Waals surface area contributed by atoms with E-state index in [1.807, 2.05) is 24.3 Å². The molecule has 1 aromatic carbocycles. The van der Waals surface area contributed by atoms with Gasteiger partial charge in [0.05, 0.1) is 24.0 Å². The topological polar surface area (TPSA) is 75.1 Å². The average molecular weight is 347 g/mol. The van der Waals surface area contributed by atoms with Crippen LogP contribution in [0.25, 0.3) is 5.57 Å². The van der Waals surface area contributed by atoms with Gasteiger partial charge in [-0.25, -0.2) is 4.98 Å². The summed E-state index contributed by atoms with van der Waals surface area (Å²) in [4.78, 5) is 19.6. The molecule has 3 rings (SSSR count). The lowest BCUT2D eigenvalue weighted by atomic mass is 10.0. The highest BCUT2D eigenvalue weighted by Crippen LogP contribution is 2.46. The normalized spacial score (nSPS) is 18.8. The quantitative estimate of drug-likeness (QED) is 0.705. The fourth-order valence-electron chi connectivity index (χ4n) is 2.88. The molecule has 1 heterocycles. The first-order chi connectivity index (χ1) is 12.6. The summed E-state index contributed by atoms with van der Waals surface area (Å²) in [6.07, 6.45) is 9.44. The summed E-state index contributed by atoms with van der Waals surface area (Å²) in [5.74, 6) is -0.409. The van der Waals surface area contributed by atoms with Crippen molar-refractivity contribution in [1.82, 2.24) is 9.97 Å². The lowest BCUT2D eigenvalue weighted by Crippen LogP contribution is -2.04. The van der Waals surface area contributed by atoms with Gasteiger partial charge in [-0.05, 0) is 29.2 Å². The van der Waals surface area contributed by atoms with Gasteiger partial charge in [0, 0.05) is 12.5 Å². The molecule has 26 heavy (non-hydrogen) atoms. The van der Waals surface area contributed by atoms with Gasteiger partial charge in [-0.3, -0.25) is 9.78 Å². The molecule has 0 aliphatic heterocycles. The smallest absolute Gasteiger partial charge is 0.307 e. The molecule has 2 atom stereocenters.